The third-order valence-corrected chi connectivity index (χ3v) is 6.54. The monoisotopic (exact) mass is 454 g/mol. The fourth-order valence-corrected chi connectivity index (χ4v) is 4.85. The lowest BCUT2D eigenvalue weighted by Crippen LogP contribution is -2.41. The molecule has 2 heterocycles. The average Bonchev–Trinajstić information content (AvgIpc) is 3.35. The maximum Gasteiger partial charge on any atom is 0.229 e. The lowest BCUT2D eigenvalue weighted by Gasteiger charge is -2.23. The highest BCUT2D eigenvalue weighted by atomic mass is 19.2. The van der Waals surface area contributed by atoms with E-state index in [4.69, 9.17) is 0 Å². The number of fused-ring (bicyclic) bond motifs is 2. The minimum absolute atomic E-state index is 0.0970. The SMILES string of the molecule is CNC(=O)C12CC1[C@@H](n1cnc3c(NC)nc(C#Cc4ccc(F)c(F)c4)nc31)[C@H](O)[C@@H]2O. The second-order valence-electron chi connectivity index (χ2n) is 8.20. The molecule has 3 aromatic rings. The van der Waals surface area contributed by atoms with Gasteiger partial charge in [0.1, 0.15) is 6.10 Å². The first-order chi connectivity index (χ1) is 15.8. The van der Waals surface area contributed by atoms with Crippen LogP contribution in [-0.4, -0.2) is 61.9 Å². The summed E-state index contributed by atoms with van der Waals surface area (Å²) in [5.74, 6) is 3.35. The van der Waals surface area contributed by atoms with Crippen LogP contribution in [0.3, 0.4) is 0 Å². The van der Waals surface area contributed by atoms with Crippen molar-refractivity contribution in [3.8, 4) is 11.8 Å². The summed E-state index contributed by atoms with van der Waals surface area (Å²) in [6, 6.07) is 2.69. The van der Waals surface area contributed by atoms with Crippen LogP contribution in [-0.2, 0) is 4.79 Å². The Kier molecular flexibility index (Phi) is 4.81. The van der Waals surface area contributed by atoms with Crippen LogP contribution in [0, 0.1) is 34.8 Å². The van der Waals surface area contributed by atoms with Gasteiger partial charge < -0.3 is 25.4 Å². The van der Waals surface area contributed by atoms with Gasteiger partial charge in [-0.05, 0) is 30.5 Å². The van der Waals surface area contributed by atoms with Gasteiger partial charge in [-0.2, -0.15) is 0 Å². The van der Waals surface area contributed by atoms with Crippen molar-refractivity contribution in [1.82, 2.24) is 24.8 Å². The number of rotatable bonds is 3. The highest BCUT2D eigenvalue weighted by molar-refractivity contribution is 5.88. The van der Waals surface area contributed by atoms with Gasteiger partial charge in [-0.3, -0.25) is 4.79 Å². The maximum absolute atomic E-state index is 13.5. The number of halogens is 2. The number of nitrogens with one attached hydrogen (secondary N) is 2. The van der Waals surface area contributed by atoms with E-state index in [1.54, 1.807) is 11.6 Å². The fourth-order valence-electron chi connectivity index (χ4n) is 4.85. The average molecular weight is 454 g/mol. The molecule has 0 spiro atoms. The molecule has 2 aliphatic rings. The molecule has 4 N–H and O–H groups in total. The third-order valence-electron chi connectivity index (χ3n) is 6.54. The van der Waals surface area contributed by atoms with Crippen LogP contribution in [0.15, 0.2) is 24.5 Å². The van der Waals surface area contributed by atoms with Crippen molar-refractivity contribution < 1.29 is 23.8 Å². The minimum Gasteiger partial charge on any atom is -0.389 e. The molecule has 0 radical (unpaired) electrons. The smallest absolute Gasteiger partial charge is 0.229 e. The molecule has 2 aromatic heterocycles. The van der Waals surface area contributed by atoms with Crippen molar-refractivity contribution in [2.45, 2.75) is 24.7 Å². The van der Waals surface area contributed by atoms with Gasteiger partial charge in [-0.15, -0.1) is 0 Å². The first-order valence-corrected chi connectivity index (χ1v) is 10.3. The molecule has 170 valence electrons. The zero-order valence-corrected chi connectivity index (χ0v) is 17.7. The third kappa shape index (κ3) is 3.06. The predicted octanol–water partition coefficient (Wildman–Crippen LogP) is 0.575. The molecule has 9 nitrogen and oxygen atoms in total. The first-order valence-electron chi connectivity index (χ1n) is 10.3. The summed E-state index contributed by atoms with van der Waals surface area (Å²) < 4.78 is 28.3. The van der Waals surface area contributed by atoms with Crippen LogP contribution < -0.4 is 10.6 Å². The van der Waals surface area contributed by atoms with Crippen molar-refractivity contribution in [1.29, 1.82) is 0 Å². The van der Waals surface area contributed by atoms with Crippen molar-refractivity contribution in [3.05, 3.63) is 47.5 Å². The van der Waals surface area contributed by atoms with E-state index in [1.165, 1.54) is 19.4 Å². The lowest BCUT2D eigenvalue weighted by molar-refractivity contribution is -0.132. The largest absolute Gasteiger partial charge is 0.389 e. The molecule has 2 unspecified atom stereocenters. The Bertz CT molecular complexity index is 1350. The summed E-state index contributed by atoms with van der Waals surface area (Å²) in [7, 11) is 3.15. The number of carbonyl (C=O) groups excluding carboxylic acids is 1. The molecule has 1 amide bonds. The zero-order valence-electron chi connectivity index (χ0n) is 17.7. The van der Waals surface area contributed by atoms with E-state index in [0.29, 0.717) is 23.4 Å². The summed E-state index contributed by atoms with van der Waals surface area (Å²) >= 11 is 0. The summed E-state index contributed by atoms with van der Waals surface area (Å²) in [5, 5.41) is 26.9. The van der Waals surface area contributed by atoms with Crippen LogP contribution in [0.2, 0.25) is 0 Å². The van der Waals surface area contributed by atoms with Gasteiger partial charge in [0.05, 0.1) is 23.9 Å². The number of aliphatic hydroxyl groups excluding tert-OH is 2. The number of anilines is 1. The Morgan fingerprint density at radius 1 is 1.21 bits per heavy atom. The lowest BCUT2D eigenvalue weighted by atomic mass is 9.98. The van der Waals surface area contributed by atoms with Gasteiger partial charge in [0.25, 0.3) is 0 Å². The fraction of sp³-hybridized carbons (Fsp3) is 0.364. The number of carbonyl (C=O) groups is 1. The molecule has 2 fully saturated rings. The van der Waals surface area contributed by atoms with Crippen molar-refractivity contribution in [3.63, 3.8) is 0 Å². The Morgan fingerprint density at radius 3 is 2.70 bits per heavy atom. The Morgan fingerprint density at radius 2 is 2.00 bits per heavy atom. The van der Waals surface area contributed by atoms with Gasteiger partial charge in [-0.1, -0.05) is 5.92 Å². The number of imidazole rings is 1. The molecule has 0 aliphatic heterocycles. The molecular formula is C22H20F2N6O3. The summed E-state index contributed by atoms with van der Waals surface area (Å²) in [4.78, 5) is 25.6. The zero-order chi connectivity index (χ0) is 23.5. The highest BCUT2D eigenvalue weighted by Gasteiger charge is 2.75. The van der Waals surface area contributed by atoms with Crippen molar-refractivity contribution in [2.75, 3.05) is 19.4 Å². The molecule has 2 aliphatic carbocycles. The van der Waals surface area contributed by atoms with Crippen LogP contribution in [0.5, 0.6) is 0 Å². The second-order valence-corrected chi connectivity index (χ2v) is 8.20. The number of aromatic nitrogens is 4. The number of aliphatic hydroxyl groups is 2. The van der Waals surface area contributed by atoms with E-state index >= 15 is 0 Å². The molecule has 33 heavy (non-hydrogen) atoms. The van der Waals surface area contributed by atoms with E-state index in [1.807, 2.05) is 0 Å². The number of benzene rings is 1. The molecule has 11 heteroatoms. The number of hydrogen-bond acceptors (Lipinski definition) is 7. The molecule has 0 bridgehead atoms. The number of nitrogens with zero attached hydrogens (tertiary/aromatic N) is 4. The number of amides is 1. The van der Waals surface area contributed by atoms with Gasteiger partial charge in [0.15, 0.2) is 28.6 Å². The van der Waals surface area contributed by atoms with E-state index in [-0.39, 0.29) is 23.2 Å². The van der Waals surface area contributed by atoms with Crippen LogP contribution in [0.4, 0.5) is 14.6 Å². The molecule has 0 saturated heterocycles. The topological polar surface area (TPSA) is 125 Å². The Hall–Kier alpha value is -3.62. The summed E-state index contributed by atoms with van der Waals surface area (Å²) in [5.41, 5.74) is -0.000847. The van der Waals surface area contributed by atoms with E-state index in [0.717, 1.165) is 12.1 Å². The Labute approximate surface area is 186 Å². The summed E-state index contributed by atoms with van der Waals surface area (Å²) in [6.45, 7) is 0. The predicted molar refractivity (Wildman–Crippen MR) is 113 cm³/mol. The molecule has 5 atom stereocenters. The van der Waals surface area contributed by atoms with E-state index in [9.17, 15) is 23.8 Å². The Balaban J connectivity index is 1.57. The standard InChI is InChI=1S/C22H20F2N6O3/c1-25-19-15-20(29-14(28-19)6-4-10-3-5-12(23)13(24)7-10)30(9-27-15)16-11-8-22(11,21(33)26-2)18(32)17(16)31/h3,5,7,9,11,16-18,31-32H,8H2,1-2H3,(H,26,33)(H,25,28,29)/t11?,16-,17+,18+,22?/m1/s1. The van der Waals surface area contributed by atoms with Gasteiger partial charge >= 0.3 is 0 Å². The first kappa shape index (κ1) is 21.2. The maximum atomic E-state index is 13.5. The van der Waals surface area contributed by atoms with E-state index < -0.39 is 35.3 Å². The second kappa shape index (κ2) is 7.47. The highest BCUT2D eigenvalue weighted by Crippen LogP contribution is 2.67. The molecule has 2 saturated carbocycles. The molecule has 1 aromatic carbocycles. The van der Waals surface area contributed by atoms with Gasteiger partial charge in [0.2, 0.25) is 11.7 Å². The van der Waals surface area contributed by atoms with Crippen LogP contribution >= 0.6 is 0 Å². The normalized spacial score (nSPS) is 27.6. The van der Waals surface area contributed by atoms with E-state index in [2.05, 4.69) is 37.4 Å². The van der Waals surface area contributed by atoms with Gasteiger partial charge in [-0.25, -0.2) is 23.7 Å². The van der Waals surface area contributed by atoms with Crippen molar-refractivity contribution >= 4 is 22.9 Å². The van der Waals surface area contributed by atoms with Crippen LogP contribution in [0.25, 0.3) is 11.2 Å². The van der Waals surface area contributed by atoms with Crippen LogP contribution in [0.1, 0.15) is 23.9 Å². The van der Waals surface area contributed by atoms with Crippen molar-refractivity contribution in [2.24, 2.45) is 11.3 Å². The quantitative estimate of drug-likeness (QED) is 0.427. The molecular weight excluding hydrogens is 434 g/mol. The minimum atomic E-state index is -1.22. The number of hydrogen-bond donors (Lipinski definition) is 4. The molecule has 5 rings (SSSR count). The van der Waals surface area contributed by atoms with Gasteiger partial charge in [0, 0.05) is 25.6 Å². The summed E-state index contributed by atoms with van der Waals surface area (Å²) in [6.07, 6.45) is -0.487.